The minimum Gasteiger partial charge on any atom is -0.493 e. The molecule has 27 heavy (non-hydrogen) atoms. The summed E-state index contributed by atoms with van der Waals surface area (Å²) in [5.74, 6) is -1.21. The first-order chi connectivity index (χ1) is 12.9. The van der Waals surface area contributed by atoms with Gasteiger partial charge in [0.15, 0.2) is 22.8 Å². The van der Waals surface area contributed by atoms with Crippen LogP contribution in [0.1, 0.15) is 13.8 Å². The minimum absolute atomic E-state index is 0.235. The molecule has 1 heterocycles. The fourth-order valence-electron chi connectivity index (χ4n) is 2.42. The molecule has 0 aromatic heterocycles. The fraction of sp³-hybridized carbons (Fsp3) is 0.200. The average molecular weight is 369 g/mol. The lowest BCUT2D eigenvalue weighted by molar-refractivity contribution is -0.222. The smallest absolute Gasteiger partial charge is 0.350 e. The second-order valence-electron chi connectivity index (χ2n) is 6.13. The number of methoxy groups -OCH3 is 1. The number of anilines is 1. The van der Waals surface area contributed by atoms with Crippen molar-refractivity contribution < 1.29 is 28.5 Å². The Labute approximate surface area is 156 Å². The third-order valence-electron chi connectivity index (χ3n) is 3.66. The van der Waals surface area contributed by atoms with E-state index in [0.29, 0.717) is 22.9 Å². The number of rotatable bonds is 5. The first-order valence-corrected chi connectivity index (χ1v) is 8.23. The van der Waals surface area contributed by atoms with Gasteiger partial charge in [-0.3, -0.25) is 0 Å². The number of carbonyl (C=O) groups is 2. The highest BCUT2D eigenvalue weighted by Crippen LogP contribution is 2.35. The monoisotopic (exact) mass is 369 g/mol. The van der Waals surface area contributed by atoms with Crippen molar-refractivity contribution in [3.05, 3.63) is 60.3 Å². The van der Waals surface area contributed by atoms with Crippen molar-refractivity contribution in [1.29, 1.82) is 0 Å². The highest BCUT2D eigenvalue weighted by atomic mass is 16.7. The molecule has 1 aliphatic rings. The molecule has 0 unspecified atom stereocenters. The topological polar surface area (TPSA) is 83.1 Å². The third-order valence-corrected chi connectivity index (χ3v) is 3.66. The maximum Gasteiger partial charge on any atom is 0.350 e. The first kappa shape index (κ1) is 18.3. The van der Waals surface area contributed by atoms with E-state index in [9.17, 15) is 9.59 Å². The van der Waals surface area contributed by atoms with Gasteiger partial charge in [0.05, 0.1) is 12.8 Å². The Morgan fingerprint density at radius 2 is 1.44 bits per heavy atom. The second-order valence-corrected chi connectivity index (χ2v) is 6.13. The number of cyclic esters (lactones) is 2. The third kappa shape index (κ3) is 4.20. The average Bonchev–Trinajstić information content (AvgIpc) is 2.62. The summed E-state index contributed by atoms with van der Waals surface area (Å²) >= 11 is 0. The normalized spacial score (nSPS) is 15.4. The van der Waals surface area contributed by atoms with Crippen LogP contribution in [0.5, 0.6) is 17.2 Å². The summed E-state index contributed by atoms with van der Waals surface area (Å²) in [5, 5.41) is 2.90. The SMILES string of the molecule is COc1ccccc1Oc1ccccc1NC=C1C(=O)OC(C)(C)OC1=O. The van der Waals surface area contributed by atoms with Gasteiger partial charge in [-0.25, -0.2) is 9.59 Å². The van der Waals surface area contributed by atoms with Crippen LogP contribution in [0.4, 0.5) is 5.69 Å². The predicted molar refractivity (Wildman–Crippen MR) is 97.5 cm³/mol. The number of ether oxygens (including phenoxy) is 4. The molecule has 1 aliphatic heterocycles. The van der Waals surface area contributed by atoms with Gasteiger partial charge < -0.3 is 24.3 Å². The number of hydrogen-bond acceptors (Lipinski definition) is 7. The zero-order valence-corrected chi connectivity index (χ0v) is 15.1. The van der Waals surface area contributed by atoms with Crippen LogP contribution in [-0.4, -0.2) is 24.8 Å². The lowest BCUT2D eigenvalue weighted by Crippen LogP contribution is -2.42. The van der Waals surface area contributed by atoms with Crippen LogP contribution in [0.15, 0.2) is 60.3 Å². The molecule has 0 atom stereocenters. The Morgan fingerprint density at radius 1 is 0.889 bits per heavy atom. The van der Waals surface area contributed by atoms with E-state index < -0.39 is 17.7 Å². The van der Waals surface area contributed by atoms with Crippen molar-refractivity contribution in [3.63, 3.8) is 0 Å². The molecule has 0 radical (unpaired) electrons. The van der Waals surface area contributed by atoms with Crippen LogP contribution in [0.3, 0.4) is 0 Å². The number of esters is 2. The van der Waals surface area contributed by atoms with Crippen LogP contribution in [-0.2, 0) is 19.1 Å². The van der Waals surface area contributed by atoms with Crippen LogP contribution in [0.2, 0.25) is 0 Å². The zero-order valence-electron chi connectivity index (χ0n) is 15.1. The van der Waals surface area contributed by atoms with E-state index in [0.717, 1.165) is 0 Å². The molecule has 2 aromatic carbocycles. The molecular formula is C20H19NO6. The van der Waals surface area contributed by atoms with Gasteiger partial charge in [-0.05, 0) is 24.3 Å². The lowest BCUT2D eigenvalue weighted by Gasteiger charge is -2.29. The summed E-state index contributed by atoms with van der Waals surface area (Å²) in [6.45, 7) is 2.98. The summed E-state index contributed by atoms with van der Waals surface area (Å²) in [5.41, 5.74) is 0.308. The van der Waals surface area contributed by atoms with E-state index in [1.807, 2.05) is 12.1 Å². The molecule has 0 spiro atoms. The van der Waals surface area contributed by atoms with Crippen molar-refractivity contribution >= 4 is 17.6 Å². The van der Waals surface area contributed by atoms with E-state index in [1.54, 1.807) is 43.5 Å². The molecule has 0 amide bonds. The van der Waals surface area contributed by atoms with Crippen LogP contribution in [0, 0.1) is 0 Å². The predicted octanol–water partition coefficient (Wildman–Crippen LogP) is 3.62. The lowest BCUT2D eigenvalue weighted by atomic mass is 10.2. The van der Waals surface area contributed by atoms with Crippen LogP contribution >= 0.6 is 0 Å². The van der Waals surface area contributed by atoms with Gasteiger partial charge in [0, 0.05) is 20.0 Å². The number of carbonyl (C=O) groups excluding carboxylic acids is 2. The quantitative estimate of drug-likeness (QED) is 0.490. The largest absolute Gasteiger partial charge is 0.493 e. The standard InChI is InChI=1S/C20H19NO6/c1-20(2)26-18(22)13(19(23)27-20)12-21-14-8-4-5-9-15(14)25-17-11-7-6-10-16(17)24-3/h4-12,21H,1-3H3. The molecule has 1 saturated heterocycles. The summed E-state index contributed by atoms with van der Waals surface area (Å²) < 4.78 is 21.3. The van der Waals surface area contributed by atoms with Gasteiger partial charge in [-0.15, -0.1) is 0 Å². The van der Waals surface area contributed by atoms with Crippen molar-refractivity contribution in [1.82, 2.24) is 0 Å². The molecule has 0 saturated carbocycles. The summed E-state index contributed by atoms with van der Waals surface area (Å²) in [7, 11) is 1.55. The first-order valence-electron chi connectivity index (χ1n) is 8.23. The van der Waals surface area contributed by atoms with Crippen molar-refractivity contribution in [3.8, 4) is 17.2 Å². The maximum atomic E-state index is 12.0. The second kappa shape index (κ2) is 7.41. The Bertz CT molecular complexity index is 881. The summed E-state index contributed by atoms with van der Waals surface area (Å²) in [6.07, 6.45) is 1.24. The molecule has 140 valence electrons. The van der Waals surface area contributed by atoms with Gasteiger partial charge in [-0.1, -0.05) is 24.3 Å². The molecule has 0 bridgehead atoms. The van der Waals surface area contributed by atoms with Gasteiger partial charge in [-0.2, -0.15) is 0 Å². The molecule has 0 aliphatic carbocycles. The Hall–Kier alpha value is -3.48. The number of benzene rings is 2. The Morgan fingerprint density at radius 3 is 2.07 bits per heavy atom. The van der Waals surface area contributed by atoms with E-state index in [4.69, 9.17) is 18.9 Å². The van der Waals surface area contributed by atoms with Crippen LogP contribution in [0.25, 0.3) is 0 Å². The Balaban J connectivity index is 1.83. The van der Waals surface area contributed by atoms with Crippen molar-refractivity contribution in [2.45, 2.75) is 19.6 Å². The van der Waals surface area contributed by atoms with Gasteiger partial charge in [0.25, 0.3) is 5.79 Å². The summed E-state index contributed by atoms with van der Waals surface area (Å²) in [4.78, 5) is 24.0. The van der Waals surface area contributed by atoms with E-state index >= 15 is 0 Å². The zero-order chi connectivity index (χ0) is 19.4. The Kier molecular flexibility index (Phi) is 5.03. The molecule has 7 heteroatoms. The molecule has 2 aromatic rings. The highest BCUT2D eigenvalue weighted by molar-refractivity contribution is 6.15. The molecule has 1 fully saturated rings. The number of para-hydroxylation sites is 4. The van der Waals surface area contributed by atoms with Gasteiger partial charge >= 0.3 is 11.9 Å². The highest BCUT2D eigenvalue weighted by Gasteiger charge is 2.38. The molecule has 1 N–H and O–H groups in total. The minimum atomic E-state index is -1.28. The fourth-order valence-corrected chi connectivity index (χ4v) is 2.42. The molecular weight excluding hydrogens is 350 g/mol. The van der Waals surface area contributed by atoms with Crippen molar-refractivity contribution in [2.24, 2.45) is 0 Å². The van der Waals surface area contributed by atoms with Gasteiger partial charge in [0.2, 0.25) is 0 Å². The van der Waals surface area contributed by atoms with Crippen molar-refractivity contribution in [2.75, 3.05) is 12.4 Å². The van der Waals surface area contributed by atoms with Crippen LogP contribution < -0.4 is 14.8 Å². The summed E-state index contributed by atoms with van der Waals surface area (Å²) in [6, 6.07) is 14.3. The van der Waals surface area contributed by atoms with E-state index in [2.05, 4.69) is 5.32 Å². The number of nitrogens with one attached hydrogen (secondary N) is 1. The van der Waals surface area contributed by atoms with E-state index in [1.165, 1.54) is 20.0 Å². The maximum absolute atomic E-state index is 12.0. The van der Waals surface area contributed by atoms with Gasteiger partial charge in [0.1, 0.15) is 0 Å². The van der Waals surface area contributed by atoms with E-state index in [-0.39, 0.29) is 5.57 Å². The molecule has 3 rings (SSSR count). The molecule has 7 nitrogen and oxygen atoms in total. The number of hydrogen-bond donors (Lipinski definition) is 1.